The van der Waals surface area contributed by atoms with Crippen molar-refractivity contribution in [2.75, 3.05) is 50.1 Å². The molecule has 0 atom stereocenters. The van der Waals surface area contributed by atoms with Crippen molar-refractivity contribution in [3.8, 4) is 5.75 Å². The molecule has 0 aromatic heterocycles. The van der Waals surface area contributed by atoms with Crippen LogP contribution in [-0.4, -0.2) is 62.9 Å². The second kappa shape index (κ2) is 7.15. The highest BCUT2D eigenvalue weighted by Crippen LogP contribution is 2.48. The Morgan fingerprint density at radius 1 is 1.22 bits per heavy atom. The Morgan fingerprint density at radius 3 is 2.41 bits per heavy atom. The van der Waals surface area contributed by atoms with Gasteiger partial charge in [0.05, 0.1) is 11.3 Å². The van der Waals surface area contributed by atoms with Gasteiger partial charge in [-0.15, -0.1) is 0 Å². The molecular weight excluding hydrogens is 363 g/mol. The van der Waals surface area contributed by atoms with Crippen molar-refractivity contribution in [3.05, 3.63) is 35.8 Å². The number of hydrogen-bond acceptors (Lipinski definition) is 5. The van der Waals surface area contributed by atoms with E-state index in [1.165, 1.54) is 18.1 Å². The minimum Gasteiger partial charge on any atom is -0.478 e. The van der Waals surface area contributed by atoms with E-state index in [0.717, 1.165) is 6.07 Å². The number of nitrogens with zero attached hydrogens (tertiary/aromatic N) is 3. The zero-order chi connectivity index (χ0) is 19.9. The van der Waals surface area contributed by atoms with Crippen LogP contribution in [0.4, 0.5) is 24.5 Å². The van der Waals surface area contributed by atoms with Gasteiger partial charge in [-0.25, -0.2) is 9.18 Å². The Hall–Kier alpha value is -2.68. The second-order valence-corrected chi connectivity index (χ2v) is 6.54. The Morgan fingerprint density at radius 2 is 1.85 bits per heavy atom. The summed E-state index contributed by atoms with van der Waals surface area (Å²) in [6, 6.07) is 1.14. The molecule has 0 amide bonds. The summed E-state index contributed by atoms with van der Waals surface area (Å²) in [4.78, 5) is 16.5. The number of benzene rings is 1. The minimum absolute atomic E-state index is 0.0403. The molecule has 1 aromatic rings. The predicted molar refractivity (Wildman–Crippen MR) is 95.9 cm³/mol. The van der Waals surface area contributed by atoms with Gasteiger partial charge >= 0.3 is 12.6 Å². The summed E-state index contributed by atoms with van der Waals surface area (Å²) in [6.07, 6.45) is 1.26. The van der Waals surface area contributed by atoms with Crippen LogP contribution in [0, 0.1) is 5.82 Å². The number of carbonyl (C=O) groups is 1. The largest absolute Gasteiger partial charge is 0.478 e. The molecule has 1 N–H and O–H groups in total. The van der Waals surface area contributed by atoms with E-state index in [2.05, 4.69) is 11.5 Å². The average molecular weight is 383 g/mol. The number of carboxylic acids is 1. The Kier molecular flexibility index (Phi) is 5.05. The number of alkyl halides is 2. The molecule has 0 spiro atoms. The third kappa shape index (κ3) is 3.46. The second-order valence-electron chi connectivity index (χ2n) is 6.54. The van der Waals surface area contributed by atoms with Crippen LogP contribution >= 0.6 is 0 Å². The zero-order valence-electron chi connectivity index (χ0n) is 15.0. The molecule has 0 unspecified atom stereocenters. The number of carboxylic acid groups (broad SMARTS) is 1. The highest BCUT2D eigenvalue weighted by atomic mass is 19.3. The number of anilines is 2. The summed E-state index contributed by atoms with van der Waals surface area (Å²) in [6.45, 7) is 2.74. The fraction of sp³-hybridized carbons (Fsp3) is 0.389. The van der Waals surface area contributed by atoms with Crippen molar-refractivity contribution in [1.29, 1.82) is 0 Å². The lowest BCUT2D eigenvalue weighted by atomic mass is 9.93. The first-order valence-electron chi connectivity index (χ1n) is 8.33. The monoisotopic (exact) mass is 383 g/mol. The summed E-state index contributed by atoms with van der Waals surface area (Å²) in [5, 5.41) is 9.31. The number of aliphatic carboxylic acids is 1. The summed E-state index contributed by atoms with van der Waals surface area (Å²) in [5.74, 6) is -2.30. The highest BCUT2D eigenvalue weighted by Gasteiger charge is 2.33. The Bertz CT molecular complexity index is 818. The topological polar surface area (TPSA) is 56.2 Å². The van der Waals surface area contributed by atoms with Gasteiger partial charge in [-0.1, -0.05) is 6.58 Å². The standard InChI is InChI=1S/C18H20F3N3O3/c1-10-11-8-13(19)15(24-6-4-22(2)5-7-24)16(27-18(20)21)14(11)23(3)9-12(10)17(25)26/h8-9,18H,1,4-7H2,2-3H3,(H,25,26). The van der Waals surface area contributed by atoms with Crippen LogP contribution in [0.1, 0.15) is 5.56 Å². The number of likely N-dealkylation sites (N-methyl/N-ethyl adjacent to an activating group) is 1. The van der Waals surface area contributed by atoms with E-state index >= 15 is 0 Å². The van der Waals surface area contributed by atoms with E-state index in [4.69, 9.17) is 4.74 Å². The maximum atomic E-state index is 15.0. The molecule has 2 heterocycles. The van der Waals surface area contributed by atoms with Crippen molar-refractivity contribution in [2.45, 2.75) is 6.61 Å². The molecule has 9 heteroatoms. The summed E-state index contributed by atoms with van der Waals surface area (Å²) in [5.41, 5.74) is 0.135. The van der Waals surface area contributed by atoms with Gasteiger partial charge in [0.25, 0.3) is 0 Å². The third-order valence-electron chi connectivity index (χ3n) is 4.77. The number of rotatable bonds is 4. The van der Waals surface area contributed by atoms with Crippen LogP contribution in [-0.2, 0) is 4.79 Å². The molecule has 0 aliphatic carbocycles. The number of fused-ring (bicyclic) bond motifs is 1. The third-order valence-corrected chi connectivity index (χ3v) is 4.77. The first kappa shape index (κ1) is 19.1. The molecule has 27 heavy (non-hydrogen) atoms. The minimum atomic E-state index is -3.16. The molecule has 1 aromatic carbocycles. The summed E-state index contributed by atoms with van der Waals surface area (Å²) in [7, 11) is 3.42. The molecule has 6 nitrogen and oxygen atoms in total. The van der Waals surface area contributed by atoms with Gasteiger partial charge in [-0.3, -0.25) is 0 Å². The number of ether oxygens (including phenoxy) is 1. The van der Waals surface area contributed by atoms with Gasteiger partial charge in [0.15, 0.2) is 11.6 Å². The van der Waals surface area contributed by atoms with Crippen molar-refractivity contribution in [2.24, 2.45) is 0 Å². The summed E-state index contributed by atoms with van der Waals surface area (Å²) < 4.78 is 46.0. The highest BCUT2D eigenvalue weighted by molar-refractivity contribution is 6.09. The van der Waals surface area contributed by atoms with Crippen LogP contribution in [0.2, 0.25) is 0 Å². The Balaban J connectivity index is 2.17. The van der Waals surface area contributed by atoms with Crippen molar-refractivity contribution < 1.29 is 27.8 Å². The van der Waals surface area contributed by atoms with Gasteiger partial charge in [-0.05, 0) is 18.7 Å². The molecule has 0 bridgehead atoms. The van der Waals surface area contributed by atoms with Gasteiger partial charge in [0, 0.05) is 45.0 Å². The van der Waals surface area contributed by atoms with Crippen molar-refractivity contribution in [3.63, 3.8) is 0 Å². The molecule has 1 saturated heterocycles. The van der Waals surface area contributed by atoms with Crippen LogP contribution in [0.5, 0.6) is 5.75 Å². The first-order valence-corrected chi connectivity index (χ1v) is 8.33. The van der Waals surface area contributed by atoms with Crippen LogP contribution in [0.3, 0.4) is 0 Å². The van der Waals surface area contributed by atoms with E-state index in [1.807, 2.05) is 7.05 Å². The van der Waals surface area contributed by atoms with Crippen LogP contribution in [0.25, 0.3) is 5.57 Å². The molecule has 3 rings (SSSR count). The Labute approximate surface area is 154 Å². The lowest BCUT2D eigenvalue weighted by molar-refractivity contribution is -0.132. The quantitative estimate of drug-likeness (QED) is 0.863. The van der Waals surface area contributed by atoms with E-state index in [1.54, 1.807) is 4.90 Å². The molecule has 0 saturated carbocycles. The summed E-state index contributed by atoms with van der Waals surface area (Å²) >= 11 is 0. The molecule has 146 valence electrons. The fourth-order valence-corrected chi connectivity index (χ4v) is 3.38. The number of hydrogen-bond donors (Lipinski definition) is 1. The first-order chi connectivity index (χ1) is 12.7. The van der Waals surface area contributed by atoms with E-state index in [9.17, 15) is 23.1 Å². The van der Waals surface area contributed by atoms with Gasteiger partial charge < -0.3 is 24.5 Å². The van der Waals surface area contributed by atoms with Crippen molar-refractivity contribution >= 4 is 22.9 Å². The zero-order valence-corrected chi connectivity index (χ0v) is 15.0. The lowest BCUT2D eigenvalue weighted by Gasteiger charge is -2.37. The SMILES string of the molecule is C=C1C(C(=O)O)=CN(C)c2c1cc(F)c(N1CCN(C)CC1)c2OC(F)F. The van der Waals surface area contributed by atoms with E-state index in [-0.39, 0.29) is 33.8 Å². The van der Waals surface area contributed by atoms with Gasteiger partial charge in [-0.2, -0.15) is 8.78 Å². The maximum Gasteiger partial charge on any atom is 0.387 e. The van der Waals surface area contributed by atoms with Crippen molar-refractivity contribution in [1.82, 2.24) is 4.90 Å². The predicted octanol–water partition coefficient (Wildman–Crippen LogP) is 2.61. The maximum absolute atomic E-state index is 15.0. The number of halogens is 3. The van der Waals surface area contributed by atoms with Crippen LogP contribution < -0.4 is 14.5 Å². The molecule has 2 aliphatic heterocycles. The number of piperazine rings is 1. The lowest BCUT2D eigenvalue weighted by Crippen LogP contribution is -2.45. The molecule has 1 fully saturated rings. The molecule has 2 aliphatic rings. The molecule has 0 radical (unpaired) electrons. The van der Waals surface area contributed by atoms with Crippen LogP contribution in [0.15, 0.2) is 24.4 Å². The van der Waals surface area contributed by atoms with E-state index < -0.39 is 18.4 Å². The fourth-order valence-electron chi connectivity index (χ4n) is 3.38. The smallest absolute Gasteiger partial charge is 0.387 e. The molecular formula is C18H20F3N3O3. The van der Waals surface area contributed by atoms with E-state index in [0.29, 0.717) is 26.2 Å². The van der Waals surface area contributed by atoms with Gasteiger partial charge in [0.1, 0.15) is 5.69 Å². The normalized spacial score (nSPS) is 17.9. The van der Waals surface area contributed by atoms with Gasteiger partial charge in [0.2, 0.25) is 0 Å². The average Bonchev–Trinajstić information content (AvgIpc) is 2.58.